The average Bonchev–Trinajstić information content (AvgIpc) is 2.74. The molecule has 3 rings (SSSR count). The zero-order valence-electron chi connectivity index (χ0n) is 15.3. The van der Waals surface area contributed by atoms with Gasteiger partial charge in [-0.1, -0.05) is 18.2 Å². The summed E-state index contributed by atoms with van der Waals surface area (Å²) in [5.74, 6) is 0.224. The van der Waals surface area contributed by atoms with Crippen molar-refractivity contribution in [2.45, 2.75) is 4.90 Å². The fourth-order valence-corrected chi connectivity index (χ4v) is 3.60. The van der Waals surface area contributed by atoms with Gasteiger partial charge < -0.3 is 15.4 Å². The van der Waals surface area contributed by atoms with E-state index in [4.69, 9.17) is 4.74 Å². The summed E-state index contributed by atoms with van der Waals surface area (Å²) in [5.41, 5.74) is 1.73. The predicted molar refractivity (Wildman–Crippen MR) is 110 cm³/mol. The van der Waals surface area contributed by atoms with Crippen molar-refractivity contribution in [3.63, 3.8) is 0 Å². The molecular formula is C21H20N2O4S. The summed E-state index contributed by atoms with van der Waals surface area (Å²) in [6, 6.07) is 21.9. The van der Waals surface area contributed by atoms with Gasteiger partial charge in [-0.25, -0.2) is 8.42 Å². The first-order chi connectivity index (χ1) is 13.5. The van der Waals surface area contributed by atoms with Crippen LogP contribution in [-0.4, -0.2) is 27.3 Å². The van der Waals surface area contributed by atoms with Crippen LogP contribution in [0.4, 0.5) is 11.4 Å². The largest absolute Gasteiger partial charge is 0.497 e. The number of hydrogen-bond acceptors (Lipinski definition) is 5. The number of hydrogen-bond donors (Lipinski definition) is 2. The van der Waals surface area contributed by atoms with Crippen LogP contribution in [0.5, 0.6) is 5.75 Å². The minimum absolute atomic E-state index is 0.228. The van der Waals surface area contributed by atoms with Crippen LogP contribution in [0.2, 0.25) is 0 Å². The summed E-state index contributed by atoms with van der Waals surface area (Å²) < 4.78 is 29.7. The minimum Gasteiger partial charge on any atom is -0.497 e. The second-order valence-corrected chi connectivity index (χ2v) is 8.00. The molecular weight excluding hydrogens is 376 g/mol. The van der Waals surface area contributed by atoms with Gasteiger partial charge in [-0.3, -0.25) is 4.79 Å². The molecule has 0 aliphatic heterocycles. The number of carbonyl (C=O) groups excluding carboxylic acids is 1. The zero-order chi connectivity index (χ0) is 20.0. The molecule has 0 aliphatic rings. The van der Waals surface area contributed by atoms with Crippen molar-refractivity contribution in [2.24, 2.45) is 0 Å². The quantitative estimate of drug-likeness (QED) is 0.635. The van der Waals surface area contributed by atoms with Gasteiger partial charge in [0.15, 0.2) is 9.84 Å². The molecule has 2 N–H and O–H groups in total. The maximum atomic E-state index is 12.3. The van der Waals surface area contributed by atoms with Crippen LogP contribution in [0, 0.1) is 0 Å². The van der Waals surface area contributed by atoms with Gasteiger partial charge >= 0.3 is 0 Å². The molecule has 0 spiro atoms. The third-order valence-electron chi connectivity index (χ3n) is 4.06. The lowest BCUT2D eigenvalue weighted by molar-refractivity contribution is 0.102. The van der Waals surface area contributed by atoms with Gasteiger partial charge in [0.25, 0.3) is 5.91 Å². The summed E-state index contributed by atoms with van der Waals surface area (Å²) in [4.78, 5) is 12.6. The smallest absolute Gasteiger partial charge is 0.255 e. The van der Waals surface area contributed by atoms with Crippen LogP contribution < -0.4 is 15.4 Å². The maximum absolute atomic E-state index is 12.3. The highest BCUT2D eigenvalue weighted by Crippen LogP contribution is 2.17. The Morgan fingerprint density at radius 3 is 2.07 bits per heavy atom. The van der Waals surface area contributed by atoms with Crippen molar-refractivity contribution in [1.29, 1.82) is 0 Å². The van der Waals surface area contributed by atoms with E-state index in [1.165, 1.54) is 0 Å². The fraction of sp³-hybridized carbons (Fsp3) is 0.0952. The standard InChI is InChI=1S/C21H20N2O4S/c1-27-19-13-11-18(12-14-19)23-21(24)16-7-9-17(10-8-16)22-15-28(25,26)20-5-3-2-4-6-20/h2-14,22H,15H2,1H3,(H,23,24). The monoisotopic (exact) mass is 396 g/mol. The number of sulfone groups is 1. The summed E-state index contributed by atoms with van der Waals surface area (Å²) in [6.07, 6.45) is 0. The molecule has 0 bridgehead atoms. The van der Waals surface area contributed by atoms with Crippen LogP contribution >= 0.6 is 0 Å². The Labute approximate surface area is 164 Å². The molecule has 0 aliphatic carbocycles. The number of carbonyl (C=O) groups is 1. The average molecular weight is 396 g/mol. The lowest BCUT2D eigenvalue weighted by atomic mass is 10.2. The summed E-state index contributed by atoms with van der Waals surface area (Å²) in [7, 11) is -1.85. The van der Waals surface area contributed by atoms with Gasteiger partial charge in [0, 0.05) is 16.9 Å². The highest BCUT2D eigenvalue weighted by molar-refractivity contribution is 7.91. The van der Waals surface area contributed by atoms with Gasteiger partial charge in [-0.2, -0.15) is 0 Å². The Morgan fingerprint density at radius 1 is 0.857 bits per heavy atom. The van der Waals surface area contributed by atoms with E-state index in [9.17, 15) is 13.2 Å². The molecule has 0 heterocycles. The Hall–Kier alpha value is -3.32. The van der Waals surface area contributed by atoms with E-state index in [1.807, 2.05) is 0 Å². The molecule has 0 atom stereocenters. The van der Waals surface area contributed by atoms with Gasteiger partial charge in [0.1, 0.15) is 11.6 Å². The van der Waals surface area contributed by atoms with Crippen LogP contribution in [0.1, 0.15) is 10.4 Å². The lowest BCUT2D eigenvalue weighted by Crippen LogP contribution is -2.15. The molecule has 6 nitrogen and oxygen atoms in total. The van der Waals surface area contributed by atoms with Gasteiger partial charge in [-0.15, -0.1) is 0 Å². The Bertz CT molecular complexity index is 1030. The first-order valence-electron chi connectivity index (χ1n) is 8.55. The number of anilines is 2. The molecule has 28 heavy (non-hydrogen) atoms. The predicted octanol–water partition coefficient (Wildman–Crippen LogP) is 3.79. The zero-order valence-corrected chi connectivity index (χ0v) is 16.1. The van der Waals surface area contributed by atoms with Gasteiger partial charge in [-0.05, 0) is 60.7 Å². The Balaban J connectivity index is 1.60. The number of nitrogens with one attached hydrogen (secondary N) is 2. The third-order valence-corrected chi connectivity index (χ3v) is 5.58. The van der Waals surface area contributed by atoms with E-state index in [-0.39, 0.29) is 16.7 Å². The van der Waals surface area contributed by atoms with Crippen molar-refractivity contribution in [3.05, 3.63) is 84.4 Å². The fourth-order valence-electron chi connectivity index (χ4n) is 2.51. The first kappa shape index (κ1) is 19.4. The van der Waals surface area contributed by atoms with Crippen LogP contribution in [0.15, 0.2) is 83.8 Å². The second-order valence-electron chi connectivity index (χ2n) is 6.01. The molecule has 3 aromatic rings. The molecule has 1 amide bonds. The molecule has 0 radical (unpaired) electrons. The van der Waals surface area contributed by atoms with E-state index < -0.39 is 9.84 Å². The third kappa shape index (κ3) is 4.89. The molecule has 144 valence electrons. The highest BCUT2D eigenvalue weighted by atomic mass is 32.2. The summed E-state index contributed by atoms with van der Waals surface area (Å²) >= 11 is 0. The first-order valence-corrected chi connectivity index (χ1v) is 10.2. The van der Waals surface area contributed by atoms with Crippen molar-refractivity contribution >= 4 is 27.1 Å². The van der Waals surface area contributed by atoms with Crippen molar-refractivity contribution < 1.29 is 17.9 Å². The molecule has 7 heteroatoms. The second kappa shape index (κ2) is 8.58. The highest BCUT2D eigenvalue weighted by Gasteiger charge is 2.13. The molecule has 3 aromatic carbocycles. The van der Waals surface area contributed by atoms with Crippen molar-refractivity contribution in [2.75, 3.05) is 23.6 Å². The van der Waals surface area contributed by atoms with Crippen molar-refractivity contribution in [1.82, 2.24) is 0 Å². The van der Waals surface area contributed by atoms with Gasteiger partial charge in [0.2, 0.25) is 0 Å². The normalized spacial score (nSPS) is 10.9. The van der Waals surface area contributed by atoms with E-state index in [2.05, 4.69) is 10.6 Å². The number of amides is 1. The Morgan fingerprint density at radius 2 is 1.46 bits per heavy atom. The summed E-state index contributed by atoms with van der Waals surface area (Å²) in [6.45, 7) is 0. The van der Waals surface area contributed by atoms with E-state index in [1.54, 1.807) is 86.0 Å². The molecule has 0 fully saturated rings. The Kier molecular flexibility index (Phi) is 5.96. The van der Waals surface area contributed by atoms with Crippen LogP contribution in [0.25, 0.3) is 0 Å². The van der Waals surface area contributed by atoms with Crippen LogP contribution in [-0.2, 0) is 9.84 Å². The number of rotatable bonds is 7. The molecule has 0 aromatic heterocycles. The van der Waals surface area contributed by atoms with Crippen LogP contribution in [0.3, 0.4) is 0 Å². The SMILES string of the molecule is COc1ccc(NC(=O)c2ccc(NCS(=O)(=O)c3ccccc3)cc2)cc1. The topological polar surface area (TPSA) is 84.5 Å². The van der Waals surface area contributed by atoms with Crippen molar-refractivity contribution in [3.8, 4) is 5.75 Å². The van der Waals surface area contributed by atoms with E-state index >= 15 is 0 Å². The van der Waals surface area contributed by atoms with Gasteiger partial charge in [0.05, 0.1) is 12.0 Å². The number of benzene rings is 3. The van der Waals surface area contributed by atoms with E-state index in [0.29, 0.717) is 22.7 Å². The minimum atomic E-state index is -3.43. The summed E-state index contributed by atoms with van der Waals surface area (Å²) in [5, 5.41) is 5.67. The molecule has 0 saturated carbocycles. The molecule has 0 unspecified atom stereocenters. The molecule has 0 saturated heterocycles. The number of ether oxygens (including phenoxy) is 1. The van der Waals surface area contributed by atoms with E-state index in [0.717, 1.165) is 0 Å². The number of methoxy groups -OCH3 is 1. The maximum Gasteiger partial charge on any atom is 0.255 e. The lowest BCUT2D eigenvalue weighted by Gasteiger charge is -2.09.